The number of aliphatic hydroxyl groups is 3. The van der Waals surface area contributed by atoms with E-state index in [0.717, 1.165) is 7.11 Å². The lowest BCUT2D eigenvalue weighted by atomic mass is 9.40. The molecule has 37 heavy (non-hydrogen) atoms. The van der Waals surface area contributed by atoms with Crippen LogP contribution in [0.15, 0.2) is 23.0 Å². The number of carbonyl (C=O) groups excluding carboxylic acids is 4. The fourth-order valence-electron chi connectivity index (χ4n) is 7.84. The summed E-state index contributed by atoms with van der Waals surface area (Å²) in [6.07, 6.45) is -4.68. The molecular formula is C26H32O11. The van der Waals surface area contributed by atoms with Crippen molar-refractivity contribution in [1.29, 1.82) is 0 Å². The van der Waals surface area contributed by atoms with Gasteiger partial charge in [-0.2, -0.15) is 0 Å². The number of methoxy groups -OCH3 is 1. The molecule has 2 aliphatic heterocycles. The zero-order chi connectivity index (χ0) is 27.2. The summed E-state index contributed by atoms with van der Waals surface area (Å²) in [5, 5.41) is 33.6. The molecule has 0 radical (unpaired) electrons. The monoisotopic (exact) mass is 520 g/mol. The highest BCUT2D eigenvalue weighted by molar-refractivity contribution is 6.08. The maximum atomic E-state index is 13.4. The second kappa shape index (κ2) is 8.12. The number of fused-ring (bicyclic) bond motifs is 2. The fraction of sp³-hybridized carbons (Fsp3) is 0.692. The highest BCUT2D eigenvalue weighted by Crippen LogP contribution is 2.71. The van der Waals surface area contributed by atoms with Crippen molar-refractivity contribution in [3.63, 3.8) is 0 Å². The number of allylic oxidation sites excluding steroid dienone is 2. The van der Waals surface area contributed by atoms with Crippen molar-refractivity contribution in [3.8, 4) is 0 Å². The van der Waals surface area contributed by atoms with Gasteiger partial charge in [-0.05, 0) is 24.5 Å². The number of Topliss-reactive ketones (excluding diaryl/α,β-unsaturated/α-hetero) is 1. The number of rotatable bonds is 4. The van der Waals surface area contributed by atoms with Crippen molar-refractivity contribution in [3.05, 3.63) is 23.0 Å². The van der Waals surface area contributed by atoms with E-state index in [9.17, 15) is 34.5 Å². The van der Waals surface area contributed by atoms with Gasteiger partial charge in [-0.3, -0.25) is 9.59 Å². The topological polar surface area (TPSA) is 166 Å². The number of ketones is 1. The van der Waals surface area contributed by atoms with Gasteiger partial charge in [-0.1, -0.05) is 20.8 Å². The summed E-state index contributed by atoms with van der Waals surface area (Å²) < 4.78 is 22.5. The van der Waals surface area contributed by atoms with Gasteiger partial charge in [0.1, 0.15) is 12.2 Å². The minimum Gasteiger partial charge on any atom is -0.504 e. The lowest BCUT2D eigenvalue weighted by Crippen LogP contribution is -2.78. The molecule has 0 amide bonds. The van der Waals surface area contributed by atoms with Gasteiger partial charge in [0.15, 0.2) is 5.76 Å². The quantitative estimate of drug-likeness (QED) is 0.349. The van der Waals surface area contributed by atoms with Crippen LogP contribution in [0.25, 0.3) is 0 Å². The molecule has 2 bridgehead atoms. The van der Waals surface area contributed by atoms with Crippen LogP contribution in [0.5, 0.6) is 0 Å². The molecule has 2 saturated carbocycles. The Morgan fingerprint density at radius 1 is 1.22 bits per heavy atom. The van der Waals surface area contributed by atoms with Gasteiger partial charge in [0.2, 0.25) is 17.5 Å². The molecule has 202 valence electrons. The normalized spacial score (nSPS) is 44.1. The zero-order valence-corrected chi connectivity index (χ0v) is 21.3. The Balaban J connectivity index is 1.75. The molecule has 0 aromatic rings. The van der Waals surface area contributed by atoms with E-state index >= 15 is 0 Å². The third-order valence-electron chi connectivity index (χ3n) is 9.16. The SMILES string of the molecule is COC(=O)[C@]12OC[C@@]34[C@@H](CC5=C(C)C(=O)C(O)=C[C@]5(C)[C@H]3[C@@H](O)[C@@H]1O)OC(=O)[C@H](OC(=O)CC(C)C)[C@@H]24. The number of aliphatic hydroxyl groups excluding tert-OH is 3. The Bertz CT molecular complexity index is 1150. The molecule has 4 fully saturated rings. The van der Waals surface area contributed by atoms with E-state index < -0.39 is 82.1 Å². The van der Waals surface area contributed by atoms with Crippen LogP contribution >= 0.6 is 0 Å². The molecular weight excluding hydrogens is 488 g/mol. The van der Waals surface area contributed by atoms with E-state index in [2.05, 4.69) is 0 Å². The van der Waals surface area contributed by atoms with Crippen LogP contribution in [0.3, 0.4) is 0 Å². The minimum atomic E-state index is -2.21. The van der Waals surface area contributed by atoms with E-state index in [1.165, 1.54) is 6.08 Å². The highest BCUT2D eigenvalue weighted by atomic mass is 16.6. The van der Waals surface area contributed by atoms with Crippen LogP contribution in [0.4, 0.5) is 0 Å². The van der Waals surface area contributed by atoms with Gasteiger partial charge < -0.3 is 34.3 Å². The van der Waals surface area contributed by atoms with Crippen molar-refractivity contribution >= 4 is 23.7 Å². The van der Waals surface area contributed by atoms with Crippen LogP contribution < -0.4 is 0 Å². The highest BCUT2D eigenvalue weighted by Gasteiger charge is 2.84. The molecule has 9 atom stereocenters. The number of carbonyl (C=O) groups is 4. The average Bonchev–Trinajstić information content (AvgIpc) is 3.12. The van der Waals surface area contributed by atoms with Gasteiger partial charge in [0, 0.05) is 35.2 Å². The van der Waals surface area contributed by atoms with Crippen molar-refractivity contribution in [2.75, 3.05) is 13.7 Å². The Morgan fingerprint density at radius 2 is 1.89 bits per heavy atom. The molecule has 5 aliphatic rings. The molecule has 0 aromatic carbocycles. The average molecular weight is 521 g/mol. The van der Waals surface area contributed by atoms with Crippen molar-refractivity contribution in [2.24, 2.45) is 28.6 Å². The van der Waals surface area contributed by atoms with Crippen molar-refractivity contribution in [2.45, 2.75) is 70.6 Å². The number of hydrogen-bond donors (Lipinski definition) is 3. The van der Waals surface area contributed by atoms with Crippen LogP contribution in [0.2, 0.25) is 0 Å². The molecule has 3 aliphatic carbocycles. The Kier molecular flexibility index (Phi) is 5.68. The molecule has 11 heteroatoms. The summed E-state index contributed by atoms with van der Waals surface area (Å²) in [7, 11) is 1.09. The predicted molar refractivity (Wildman–Crippen MR) is 122 cm³/mol. The first-order valence-electron chi connectivity index (χ1n) is 12.4. The lowest BCUT2D eigenvalue weighted by molar-refractivity contribution is -0.273. The zero-order valence-electron chi connectivity index (χ0n) is 21.3. The number of hydrogen-bond acceptors (Lipinski definition) is 11. The number of esters is 3. The largest absolute Gasteiger partial charge is 0.504 e. The van der Waals surface area contributed by atoms with E-state index in [-0.39, 0.29) is 30.9 Å². The van der Waals surface area contributed by atoms with Gasteiger partial charge >= 0.3 is 17.9 Å². The molecule has 1 spiro atoms. The van der Waals surface area contributed by atoms with Crippen LogP contribution in [-0.2, 0) is 38.1 Å². The molecule has 5 rings (SSSR count). The van der Waals surface area contributed by atoms with Crippen LogP contribution in [0, 0.1) is 28.6 Å². The lowest BCUT2D eigenvalue weighted by Gasteiger charge is -2.65. The second-order valence-electron chi connectivity index (χ2n) is 11.5. The van der Waals surface area contributed by atoms with E-state index in [1.807, 2.05) is 0 Å². The van der Waals surface area contributed by atoms with Gasteiger partial charge in [0.25, 0.3) is 0 Å². The Labute approximate surface area is 213 Å². The molecule has 0 unspecified atom stereocenters. The van der Waals surface area contributed by atoms with Crippen LogP contribution in [-0.4, -0.2) is 82.7 Å². The van der Waals surface area contributed by atoms with Gasteiger partial charge in [-0.25, -0.2) is 9.59 Å². The van der Waals surface area contributed by atoms with Gasteiger partial charge in [-0.15, -0.1) is 0 Å². The maximum Gasteiger partial charge on any atom is 0.348 e. The Hall–Kier alpha value is -2.76. The first-order valence-corrected chi connectivity index (χ1v) is 12.4. The molecule has 2 heterocycles. The standard InChI is InChI=1S/C26H32O11/c1-10(2)6-15(28)37-18-20-25-9-35-26(20,23(33)34-5)21(31)17(30)19(25)24(4)8-13(27)16(29)11(3)12(24)7-14(25)36-22(18)32/h8,10,14,17-21,27,30-31H,6-7,9H2,1-5H3/t14-,17-,18-,19-,20-,21+,24+,25-,26-/m1/s1. The smallest absolute Gasteiger partial charge is 0.348 e. The summed E-state index contributed by atoms with van der Waals surface area (Å²) >= 11 is 0. The van der Waals surface area contributed by atoms with Crippen LogP contribution in [0.1, 0.15) is 40.5 Å². The number of ether oxygens (including phenoxy) is 4. The van der Waals surface area contributed by atoms with E-state index in [4.69, 9.17) is 18.9 Å². The molecule has 11 nitrogen and oxygen atoms in total. The maximum absolute atomic E-state index is 13.4. The third-order valence-corrected chi connectivity index (χ3v) is 9.16. The predicted octanol–water partition coefficient (Wildman–Crippen LogP) is 0.517. The van der Waals surface area contributed by atoms with Crippen molar-refractivity contribution in [1.82, 2.24) is 0 Å². The van der Waals surface area contributed by atoms with Gasteiger partial charge in [0.05, 0.1) is 25.7 Å². The first kappa shape index (κ1) is 25.9. The molecule has 0 aromatic heterocycles. The summed E-state index contributed by atoms with van der Waals surface area (Å²) in [6.45, 7) is 6.64. The molecule has 2 saturated heterocycles. The third kappa shape index (κ3) is 3.04. The fourth-order valence-corrected chi connectivity index (χ4v) is 7.84. The second-order valence-corrected chi connectivity index (χ2v) is 11.5. The summed E-state index contributed by atoms with van der Waals surface area (Å²) in [6, 6.07) is 0. The van der Waals surface area contributed by atoms with E-state index in [0.29, 0.717) is 5.57 Å². The summed E-state index contributed by atoms with van der Waals surface area (Å²) in [5.74, 6) is -6.03. The first-order chi connectivity index (χ1) is 17.3. The summed E-state index contributed by atoms with van der Waals surface area (Å²) in [5.41, 5.74) is -3.92. The van der Waals surface area contributed by atoms with E-state index in [1.54, 1.807) is 27.7 Å². The molecule has 3 N–H and O–H groups in total. The Morgan fingerprint density at radius 3 is 2.51 bits per heavy atom. The summed E-state index contributed by atoms with van der Waals surface area (Å²) in [4.78, 5) is 52.0. The van der Waals surface area contributed by atoms with Crippen molar-refractivity contribution < 1.29 is 53.4 Å². The minimum absolute atomic E-state index is 0.00383.